The lowest BCUT2D eigenvalue weighted by atomic mass is 9.93. The predicted octanol–water partition coefficient (Wildman–Crippen LogP) is 1.73. The summed E-state index contributed by atoms with van der Waals surface area (Å²) in [6.45, 7) is 9.82. The summed E-state index contributed by atoms with van der Waals surface area (Å²) in [5.41, 5.74) is 1.11. The highest BCUT2D eigenvalue weighted by atomic mass is 16.2. The van der Waals surface area contributed by atoms with Crippen molar-refractivity contribution in [1.29, 1.82) is 0 Å². The lowest BCUT2D eigenvalue weighted by Crippen LogP contribution is -2.47. The first kappa shape index (κ1) is 18.1. The summed E-state index contributed by atoms with van der Waals surface area (Å²) in [7, 11) is 2.12. The van der Waals surface area contributed by atoms with E-state index in [1.807, 2.05) is 11.8 Å². The average Bonchev–Trinajstić information content (AvgIpc) is 2.62. The van der Waals surface area contributed by atoms with E-state index in [0.29, 0.717) is 18.2 Å². The van der Waals surface area contributed by atoms with E-state index in [-0.39, 0.29) is 0 Å². The zero-order chi connectivity index (χ0) is 17.8. The molecule has 0 spiro atoms. The number of carbonyl (C=O) groups excluding carboxylic acids is 1. The van der Waals surface area contributed by atoms with Gasteiger partial charge in [-0.05, 0) is 39.2 Å². The van der Waals surface area contributed by atoms with Crippen LogP contribution in [0.15, 0.2) is 6.07 Å². The summed E-state index contributed by atoms with van der Waals surface area (Å²) in [4.78, 5) is 28.3. The Morgan fingerprint density at radius 2 is 1.80 bits per heavy atom. The molecule has 6 nitrogen and oxygen atoms in total. The third-order valence-electron chi connectivity index (χ3n) is 5.50. The number of aromatic nitrogens is 2. The number of piperazine rings is 1. The van der Waals surface area contributed by atoms with Crippen LogP contribution in [0, 0.1) is 12.8 Å². The molecule has 3 rings (SSSR count). The molecule has 0 radical (unpaired) electrons. The van der Waals surface area contributed by atoms with Crippen LogP contribution in [0.25, 0.3) is 0 Å². The van der Waals surface area contributed by atoms with Crippen LogP contribution in [-0.4, -0.2) is 72.0 Å². The van der Waals surface area contributed by atoms with Gasteiger partial charge in [-0.3, -0.25) is 4.79 Å². The highest BCUT2D eigenvalue weighted by Crippen LogP contribution is 2.25. The molecule has 2 fully saturated rings. The Morgan fingerprint density at radius 1 is 1.12 bits per heavy atom. The molecule has 0 unspecified atom stereocenters. The van der Waals surface area contributed by atoms with E-state index < -0.39 is 0 Å². The quantitative estimate of drug-likeness (QED) is 0.832. The van der Waals surface area contributed by atoms with Gasteiger partial charge in [-0.1, -0.05) is 6.92 Å². The first-order valence-electron chi connectivity index (χ1n) is 9.61. The average molecular weight is 345 g/mol. The first-order valence-corrected chi connectivity index (χ1v) is 9.61. The lowest BCUT2D eigenvalue weighted by molar-refractivity contribution is -0.133. The number of piperidine rings is 1. The number of hydrogen-bond acceptors (Lipinski definition) is 5. The van der Waals surface area contributed by atoms with Crippen molar-refractivity contribution in [3.05, 3.63) is 17.6 Å². The zero-order valence-electron chi connectivity index (χ0n) is 15.9. The van der Waals surface area contributed by atoms with Crippen molar-refractivity contribution < 1.29 is 4.79 Å². The summed E-state index contributed by atoms with van der Waals surface area (Å²) < 4.78 is 0. The molecule has 0 N–H and O–H groups in total. The van der Waals surface area contributed by atoms with Crippen molar-refractivity contribution in [3.8, 4) is 0 Å². The van der Waals surface area contributed by atoms with Crippen LogP contribution in [0.4, 0.5) is 5.82 Å². The number of anilines is 1. The molecule has 2 saturated heterocycles. The molecule has 0 atom stereocenters. The van der Waals surface area contributed by atoms with Gasteiger partial charge in [0.2, 0.25) is 5.91 Å². The molecular weight excluding hydrogens is 314 g/mol. The number of carbonyl (C=O) groups is 1. The fourth-order valence-electron chi connectivity index (χ4n) is 3.75. The van der Waals surface area contributed by atoms with Gasteiger partial charge in [0.15, 0.2) is 0 Å². The third-order valence-corrected chi connectivity index (χ3v) is 5.50. The minimum atomic E-state index is 0.345. The van der Waals surface area contributed by atoms with Gasteiger partial charge in [0.25, 0.3) is 0 Å². The molecule has 1 amide bonds. The summed E-state index contributed by atoms with van der Waals surface area (Å²) in [5, 5.41) is 0. The maximum atomic E-state index is 12.5. The lowest BCUT2D eigenvalue weighted by Gasteiger charge is -2.36. The zero-order valence-corrected chi connectivity index (χ0v) is 15.9. The summed E-state index contributed by atoms with van der Waals surface area (Å²) in [5.74, 6) is 2.75. The van der Waals surface area contributed by atoms with Crippen molar-refractivity contribution in [2.24, 2.45) is 5.92 Å². The number of nitrogens with zero attached hydrogens (tertiary/aromatic N) is 5. The van der Waals surface area contributed by atoms with E-state index in [4.69, 9.17) is 0 Å². The largest absolute Gasteiger partial charge is 0.356 e. The fraction of sp³-hybridized carbons (Fsp3) is 0.737. The molecule has 3 heterocycles. The third kappa shape index (κ3) is 4.69. The van der Waals surface area contributed by atoms with E-state index in [1.165, 1.54) is 0 Å². The molecule has 0 aromatic carbocycles. The van der Waals surface area contributed by atoms with Crippen LogP contribution in [0.2, 0.25) is 0 Å². The second-order valence-corrected chi connectivity index (χ2v) is 7.44. The molecule has 25 heavy (non-hydrogen) atoms. The Bertz CT molecular complexity index is 589. The fourth-order valence-corrected chi connectivity index (χ4v) is 3.75. The van der Waals surface area contributed by atoms with Gasteiger partial charge in [-0.25, -0.2) is 9.97 Å². The standard InChI is InChI=1S/C19H31N5O/c1-4-17-14-18(21-15(2)20-17)23-7-5-16(6-8-23)13-19(25)24-11-9-22(3)10-12-24/h14,16H,4-13H2,1-3H3. The molecule has 138 valence electrons. The second kappa shape index (κ2) is 8.13. The van der Waals surface area contributed by atoms with Crippen LogP contribution in [0.5, 0.6) is 0 Å². The molecule has 0 saturated carbocycles. The van der Waals surface area contributed by atoms with Crippen molar-refractivity contribution in [2.45, 2.75) is 39.5 Å². The Balaban J connectivity index is 1.50. The molecule has 2 aliphatic heterocycles. The molecule has 1 aromatic rings. The van der Waals surface area contributed by atoms with Gasteiger partial charge in [0.1, 0.15) is 11.6 Å². The molecular formula is C19H31N5O. The van der Waals surface area contributed by atoms with Crippen molar-refractivity contribution >= 4 is 11.7 Å². The normalized spacial score (nSPS) is 20.1. The van der Waals surface area contributed by atoms with E-state index in [9.17, 15) is 4.79 Å². The molecule has 6 heteroatoms. The van der Waals surface area contributed by atoms with Crippen molar-refractivity contribution in [2.75, 3.05) is 51.2 Å². The monoisotopic (exact) mass is 345 g/mol. The highest BCUT2D eigenvalue weighted by Gasteiger charge is 2.26. The van der Waals surface area contributed by atoms with E-state index in [2.05, 4.69) is 39.8 Å². The van der Waals surface area contributed by atoms with E-state index >= 15 is 0 Å². The Morgan fingerprint density at radius 3 is 2.44 bits per heavy atom. The molecule has 0 aliphatic carbocycles. The van der Waals surface area contributed by atoms with Gasteiger partial charge in [-0.2, -0.15) is 0 Å². The minimum Gasteiger partial charge on any atom is -0.356 e. The smallest absolute Gasteiger partial charge is 0.222 e. The Hall–Kier alpha value is -1.69. The maximum absolute atomic E-state index is 12.5. The second-order valence-electron chi connectivity index (χ2n) is 7.44. The topological polar surface area (TPSA) is 52.6 Å². The van der Waals surface area contributed by atoms with E-state index in [0.717, 1.165) is 75.9 Å². The number of amides is 1. The van der Waals surface area contributed by atoms with Crippen molar-refractivity contribution in [1.82, 2.24) is 19.8 Å². The number of likely N-dealkylation sites (N-methyl/N-ethyl adjacent to an activating group) is 1. The Kier molecular flexibility index (Phi) is 5.89. The molecule has 0 bridgehead atoms. The maximum Gasteiger partial charge on any atom is 0.222 e. The predicted molar refractivity (Wildman–Crippen MR) is 99.8 cm³/mol. The Labute approximate surface area is 151 Å². The van der Waals surface area contributed by atoms with E-state index in [1.54, 1.807) is 0 Å². The SMILES string of the molecule is CCc1cc(N2CCC(CC(=O)N3CCN(C)CC3)CC2)nc(C)n1. The highest BCUT2D eigenvalue weighted by molar-refractivity contribution is 5.76. The number of aryl methyl sites for hydroxylation is 2. The van der Waals surface area contributed by atoms with Gasteiger partial charge in [0, 0.05) is 57.4 Å². The van der Waals surface area contributed by atoms with Crippen LogP contribution in [0.3, 0.4) is 0 Å². The van der Waals surface area contributed by atoms with Crippen LogP contribution in [0.1, 0.15) is 37.7 Å². The van der Waals surface area contributed by atoms with Gasteiger partial charge >= 0.3 is 0 Å². The number of rotatable bonds is 4. The summed E-state index contributed by atoms with van der Waals surface area (Å²) >= 11 is 0. The first-order chi connectivity index (χ1) is 12.0. The van der Waals surface area contributed by atoms with Gasteiger partial charge in [0.05, 0.1) is 0 Å². The van der Waals surface area contributed by atoms with Gasteiger partial charge < -0.3 is 14.7 Å². The van der Waals surface area contributed by atoms with Crippen LogP contribution < -0.4 is 4.90 Å². The molecule has 1 aromatic heterocycles. The van der Waals surface area contributed by atoms with Crippen molar-refractivity contribution in [3.63, 3.8) is 0 Å². The van der Waals surface area contributed by atoms with Gasteiger partial charge in [-0.15, -0.1) is 0 Å². The summed E-state index contributed by atoms with van der Waals surface area (Å²) in [6.07, 6.45) is 3.79. The van der Waals surface area contributed by atoms with Crippen LogP contribution in [-0.2, 0) is 11.2 Å². The minimum absolute atomic E-state index is 0.345. The van der Waals surface area contributed by atoms with Crippen LogP contribution >= 0.6 is 0 Å². The number of hydrogen-bond donors (Lipinski definition) is 0. The molecule has 2 aliphatic rings. The summed E-state index contributed by atoms with van der Waals surface area (Å²) in [6, 6.07) is 2.11.